The summed E-state index contributed by atoms with van der Waals surface area (Å²) in [6, 6.07) is 0. The van der Waals surface area contributed by atoms with E-state index in [1.807, 2.05) is 20.8 Å². The van der Waals surface area contributed by atoms with Gasteiger partial charge in [-0.05, 0) is 32.6 Å². The zero-order valence-corrected chi connectivity index (χ0v) is 12.7. The first kappa shape index (κ1) is 17.8. The molecule has 0 saturated heterocycles. The van der Waals surface area contributed by atoms with Gasteiger partial charge in [-0.2, -0.15) is 0 Å². The van der Waals surface area contributed by atoms with Crippen LogP contribution in [0.4, 0.5) is 0 Å². The second-order valence-corrected chi connectivity index (χ2v) is 6.88. The van der Waals surface area contributed by atoms with Crippen LogP contribution in [0.2, 0.25) is 0 Å². The van der Waals surface area contributed by atoms with Gasteiger partial charge in [0.1, 0.15) is 0 Å². The summed E-state index contributed by atoms with van der Waals surface area (Å²) in [7, 11) is 0. The summed E-state index contributed by atoms with van der Waals surface area (Å²) in [5, 5.41) is 18.4. The minimum atomic E-state index is -0.477. The topological polar surface area (TPSA) is 58.9 Å². The lowest BCUT2D eigenvalue weighted by molar-refractivity contribution is -0.228. The quantitative estimate of drug-likeness (QED) is 0.691. The number of aliphatic hydroxyl groups excluding tert-OH is 2. The fourth-order valence-electron chi connectivity index (χ4n) is 1.71. The molecule has 2 unspecified atom stereocenters. The average molecular weight is 262 g/mol. The van der Waals surface area contributed by atoms with Gasteiger partial charge in [0.25, 0.3) is 0 Å². The summed E-state index contributed by atoms with van der Waals surface area (Å²) in [4.78, 5) is 0. The zero-order chi connectivity index (χ0) is 14.4. The molecule has 0 saturated carbocycles. The molecular weight excluding hydrogens is 232 g/mol. The second-order valence-electron chi connectivity index (χ2n) is 6.88. The molecule has 0 aliphatic carbocycles. The minimum absolute atomic E-state index is 0.00835. The van der Waals surface area contributed by atoms with Crippen molar-refractivity contribution < 1.29 is 19.7 Å². The number of hydrogen-bond acceptors (Lipinski definition) is 4. The van der Waals surface area contributed by atoms with E-state index in [1.165, 1.54) is 0 Å². The van der Waals surface area contributed by atoms with Crippen LogP contribution in [-0.4, -0.2) is 41.4 Å². The molecule has 0 aliphatic rings. The van der Waals surface area contributed by atoms with Crippen LogP contribution in [0.15, 0.2) is 0 Å². The molecular formula is C14H30O4. The standard InChI is InChI=1S/C14H30O4/c1-13(2,3)9-11(10-16)17-12(7-8-15)18-14(4,5)6/h11-12,15-16H,7-10H2,1-6H3. The molecule has 0 radical (unpaired) electrons. The molecule has 18 heavy (non-hydrogen) atoms. The highest BCUT2D eigenvalue weighted by molar-refractivity contribution is 4.70. The fraction of sp³-hybridized carbons (Fsp3) is 1.00. The maximum absolute atomic E-state index is 9.36. The number of ether oxygens (including phenoxy) is 2. The van der Waals surface area contributed by atoms with Gasteiger partial charge in [0, 0.05) is 13.0 Å². The largest absolute Gasteiger partial charge is 0.396 e. The SMILES string of the molecule is CC(C)(C)CC(CO)OC(CCO)OC(C)(C)C. The van der Waals surface area contributed by atoms with Gasteiger partial charge >= 0.3 is 0 Å². The second kappa shape index (κ2) is 7.43. The van der Waals surface area contributed by atoms with Gasteiger partial charge < -0.3 is 19.7 Å². The summed E-state index contributed by atoms with van der Waals surface area (Å²) in [5.74, 6) is 0. The van der Waals surface area contributed by atoms with Gasteiger partial charge in [0.15, 0.2) is 6.29 Å². The van der Waals surface area contributed by atoms with Crippen molar-refractivity contribution in [3.8, 4) is 0 Å². The van der Waals surface area contributed by atoms with Crippen LogP contribution in [0.25, 0.3) is 0 Å². The molecule has 0 rings (SSSR count). The van der Waals surface area contributed by atoms with Crippen molar-refractivity contribution in [2.45, 2.75) is 72.4 Å². The maximum Gasteiger partial charge on any atom is 0.160 e. The lowest BCUT2D eigenvalue weighted by Gasteiger charge is -2.32. The van der Waals surface area contributed by atoms with Gasteiger partial charge in [-0.1, -0.05) is 20.8 Å². The zero-order valence-electron chi connectivity index (χ0n) is 12.7. The van der Waals surface area contributed by atoms with Crippen LogP contribution in [0.5, 0.6) is 0 Å². The van der Waals surface area contributed by atoms with Crippen molar-refractivity contribution in [3.63, 3.8) is 0 Å². The first-order valence-electron chi connectivity index (χ1n) is 6.62. The van der Waals surface area contributed by atoms with E-state index >= 15 is 0 Å². The van der Waals surface area contributed by atoms with Gasteiger partial charge in [-0.3, -0.25) is 0 Å². The Morgan fingerprint density at radius 1 is 1.00 bits per heavy atom. The maximum atomic E-state index is 9.36. The van der Waals surface area contributed by atoms with E-state index in [4.69, 9.17) is 14.6 Å². The predicted octanol–water partition coefficient (Wildman–Crippen LogP) is 2.32. The van der Waals surface area contributed by atoms with E-state index in [0.717, 1.165) is 6.42 Å². The number of aliphatic hydroxyl groups is 2. The van der Waals surface area contributed by atoms with Crippen LogP contribution >= 0.6 is 0 Å². The van der Waals surface area contributed by atoms with Crippen molar-refractivity contribution in [3.05, 3.63) is 0 Å². The molecule has 4 nitrogen and oxygen atoms in total. The summed E-state index contributed by atoms with van der Waals surface area (Å²) in [5.41, 5.74) is -0.250. The molecule has 2 N–H and O–H groups in total. The van der Waals surface area contributed by atoms with Crippen molar-refractivity contribution in [1.82, 2.24) is 0 Å². The molecule has 0 aromatic heterocycles. The fourth-order valence-corrected chi connectivity index (χ4v) is 1.71. The Labute approximate surface area is 111 Å². The predicted molar refractivity (Wildman–Crippen MR) is 72.4 cm³/mol. The highest BCUT2D eigenvalue weighted by atomic mass is 16.7. The van der Waals surface area contributed by atoms with E-state index in [1.54, 1.807) is 0 Å². The smallest absolute Gasteiger partial charge is 0.160 e. The summed E-state index contributed by atoms with van der Waals surface area (Å²) < 4.78 is 11.5. The van der Waals surface area contributed by atoms with Crippen molar-refractivity contribution in [2.24, 2.45) is 5.41 Å². The lowest BCUT2D eigenvalue weighted by Crippen LogP contribution is -2.35. The Bertz CT molecular complexity index is 215. The van der Waals surface area contributed by atoms with E-state index in [0.29, 0.717) is 6.42 Å². The monoisotopic (exact) mass is 262 g/mol. The Hall–Kier alpha value is -0.160. The highest BCUT2D eigenvalue weighted by Gasteiger charge is 2.25. The van der Waals surface area contributed by atoms with Gasteiger partial charge in [-0.25, -0.2) is 0 Å². The molecule has 110 valence electrons. The third-order valence-electron chi connectivity index (χ3n) is 2.24. The normalized spacial score (nSPS) is 16.7. The Morgan fingerprint density at radius 3 is 1.89 bits per heavy atom. The minimum Gasteiger partial charge on any atom is -0.396 e. The number of rotatable bonds is 7. The van der Waals surface area contributed by atoms with E-state index in [-0.39, 0.29) is 30.3 Å². The molecule has 0 aliphatic heterocycles. The van der Waals surface area contributed by atoms with Crippen LogP contribution in [-0.2, 0) is 9.47 Å². The molecule has 2 atom stereocenters. The van der Waals surface area contributed by atoms with Crippen molar-refractivity contribution in [1.29, 1.82) is 0 Å². The van der Waals surface area contributed by atoms with Crippen LogP contribution in [0.3, 0.4) is 0 Å². The van der Waals surface area contributed by atoms with Gasteiger partial charge in [0.05, 0.1) is 18.3 Å². The molecule has 0 aromatic carbocycles. The van der Waals surface area contributed by atoms with Gasteiger partial charge in [-0.15, -0.1) is 0 Å². The third kappa shape index (κ3) is 9.83. The molecule has 0 fully saturated rings. The highest BCUT2D eigenvalue weighted by Crippen LogP contribution is 2.24. The Morgan fingerprint density at radius 2 is 1.56 bits per heavy atom. The summed E-state index contributed by atoms with van der Waals surface area (Å²) in [6.07, 6.45) is 0.426. The van der Waals surface area contributed by atoms with E-state index < -0.39 is 6.29 Å². The average Bonchev–Trinajstić information content (AvgIpc) is 2.12. The Balaban J connectivity index is 4.44. The van der Waals surface area contributed by atoms with Crippen molar-refractivity contribution >= 4 is 0 Å². The van der Waals surface area contributed by atoms with Crippen LogP contribution in [0, 0.1) is 5.41 Å². The first-order chi connectivity index (χ1) is 8.07. The molecule has 0 spiro atoms. The Kier molecular flexibility index (Phi) is 7.37. The van der Waals surface area contributed by atoms with E-state index in [2.05, 4.69) is 20.8 Å². The first-order valence-corrected chi connectivity index (χ1v) is 6.62. The van der Waals surface area contributed by atoms with Gasteiger partial charge in [0.2, 0.25) is 0 Å². The third-order valence-corrected chi connectivity index (χ3v) is 2.24. The summed E-state index contributed by atoms with van der Waals surface area (Å²) >= 11 is 0. The van der Waals surface area contributed by atoms with Crippen LogP contribution < -0.4 is 0 Å². The van der Waals surface area contributed by atoms with Crippen LogP contribution in [0.1, 0.15) is 54.4 Å². The van der Waals surface area contributed by atoms with Crippen molar-refractivity contribution in [2.75, 3.05) is 13.2 Å². The molecule has 4 heteroatoms. The molecule has 0 bridgehead atoms. The number of hydrogen-bond donors (Lipinski definition) is 2. The molecule has 0 amide bonds. The molecule has 0 heterocycles. The van der Waals surface area contributed by atoms with E-state index in [9.17, 15) is 5.11 Å². The molecule has 0 aromatic rings. The summed E-state index contributed by atoms with van der Waals surface area (Å²) in [6.45, 7) is 12.1. The lowest BCUT2D eigenvalue weighted by atomic mass is 9.89.